The summed E-state index contributed by atoms with van der Waals surface area (Å²) >= 11 is 0. The van der Waals surface area contributed by atoms with Gasteiger partial charge in [-0.1, -0.05) is 55.0 Å². The quantitative estimate of drug-likeness (QED) is 0.507. The first-order valence-electron chi connectivity index (χ1n) is 11.5. The van der Waals surface area contributed by atoms with Gasteiger partial charge in [0.15, 0.2) is 0 Å². The Hall–Kier alpha value is -2.82. The van der Waals surface area contributed by atoms with Crippen molar-refractivity contribution in [2.45, 2.75) is 71.9 Å². The summed E-state index contributed by atoms with van der Waals surface area (Å²) in [5.41, 5.74) is 1.99. The van der Waals surface area contributed by atoms with Crippen molar-refractivity contribution in [1.29, 1.82) is 0 Å². The van der Waals surface area contributed by atoms with E-state index >= 15 is 0 Å². The maximum absolute atomic E-state index is 13.2. The highest BCUT2D eigenvalue weighted by Crippen LogP contribution is 2.15. The molecule has 0 aromatic heterocycles. The summed E-state index contributed by atoms with van der Waals surface area (Å²) in [6.45, 7) is 10.8. The molecule has 0 fully saturated rings. The van der Waals surface area contributed by atoms with Gasteiger partial charge in [-0.3, -0.25) is 9.59 Å². The third-order valence-corrected chi connectivity index (χ3v) is 5.19. The molecule has 2 amide bonds. The van der Waals surface area contributed by atoms with Crippen LogP contribution in [0.1, 0.15) is 58.1 Å². The fourth-order valence-electron chi connectivity index (χ4n) is 3.54. The number of carbonyl (C=O) groups excluding carboxylic acids is 2. The lowest BCUT2D eigenvalue weighted by molar-refractivity contribution is -0.141. The normalized spacial score (nSPS) is 12.2. The second kappa shape index (κ2) is 12.3. The zero-order valence-electron chi connectivity index (χ0n) is 20.2. The van der Waals surface area contributed by atoms with Crippen molar-refractivity contribution >= 4 is 11.8 Å². The number of aryl methyl sites for hydroxylation is 1. The number of hydrogen-bond donors (Lipinski definition) is 1. The topological polar surface area (TPSA) is 58.6 Å². The molecule has 0 aliphatic carbocycles. The highest BCUT2D eigenvalue weighted by Gasteiger charge is 2.30. The van der Waals surface area contributed by atoms with Gasteiger partial charge in [-0.05, 0) is 64.7 Å². The Morgan fingerprint density at radius 3 is 2.28 bits per heavy atom. The SMILES string of the molecule is CC[C@@H](C(=O)NC(C)(C)C)N(CCc1ccccc1)C(=O)CCCOc1ccc(C)cc1. The zero-order chi connectivity index (χ0) is 23.6. The second-order valence-electron chi connectivity index (χ2n) is 9.25. The van der Waals surface area contributed by atoms with Gasteiger partial charge in [-0.2, -0.15) is 0 Å². The molecular weight excluding hydrogens is 400 g/mol. The van der Waals surface area contributed by atoms with E-state index in [4.69, 9.17) is 4.74 Å². The smallest absolute Gasteiger partial charge is 0.243 e. The van der Waals surface area contributed by atoms with E-state index in [0.717, 1.165) is 11.3 Å². The number of hydrogen-bond acceptors (Lipinski definition) is 3. The number of carbonyl (C=O) groups is 2. The van der Waals surface area contributed by atoms with Crippen LogP contribution in [0.25, 0.3) is 0 Å². The Morgan fingerprint density at radius 1 is 1.03 bits per heavy atom. The first-order chi connectivity index (χ1) is 15.2. The number of benzene rings is 2. The lowest BCUT2D eigenvalue weighted by Crippen LogP contribution is -2.54. The summed E-state index contributed by atoms with van der Waals surface area (Å²) in [5.74, 6) is 0.696. The Kier molecular flexibility index (Phi) is 9.76. The molecule has 1 atom stereocenters. The van der Waals surface area contributed by atoms with E-state index in [1.54, 1.807) is 4.90 Å². The monoisotopic (exact) mass is 438 g/mol. The van der Waals surface area contributed by atoms with Crippen LogP contribution >= 0.6 is 0 Å². The second-order valence-corrected chi connectivity index (χ2v) is 9.25. The van der Waals surface area contributed by atoms with Gasteiger partial charge in [0.05, 0.1) is 6.61 Å². The van der Waals surface area contributed by atoms with Crippen LogP contribution in [0.4, 0.5) is 0 Å². The summed E-state index contributed by atoms with van der Waals surface area (Å²) in [4.78, 5) is 27.9. The highest BCUT2D eigenvalue weighted by atomic mass is 16.5. The minimum absolute atomic E-state index is 0.00986. The molecule has 174 valence electrons. The first kappa shape index (κ1) is 25.4. The fraction of sp³-hybridized carbons (Fsp3) is 0.481. The molecule has 2 aromatic rings. The summed E-state index contributed by atoms with van der Waals surface area (Å²) < 4.78 is 5.77. The minimum Gasteiger partial charge on any atom is -0.494 e. The molecule has 0 heterocycles. The summed E-state index contributed by atoms with van der Waals surface area (Å²) in [6.07, 6.45) is 2.24. The van der Waals surface area contributed by atoms with Gasteiger partial charge in [-0.15, -0.1) is 0 Å². The van der Waals surface area contributed by atoms with E-state index in [1.165, 1.54) is 5.56 Å². The molecule has 0 bridgehead atoms. The number of nitrogens with one attached hydrogen (secondary N) is 1. The maximum Gasteiger partial charge on any atom is 0.243 e. The maximum atomic E-state index is 13.2. The number of rotatable bonds is 11. The van der Waals surface area contributed by atoms with Gasteiger partial charge in [-0.25, -0.2) is 0 Å². The van der Waals surface area contributed by atoms with E-state index in [-0.39, 0.29) is 17.4 Å². The average Bonchev–Trinajstić information content (AvgIpc) is 2.74. The Balaban J connectivity index is 2.01. The molecule has 0 aliphatic heterocycles. The van der Waals surface area contributed by atoms with Crippen molar-refractivity contribution in [2.75, 3.05) is 13.2 Å². The number of ether oxygens (including phenoxy) is 1. The van der Waals surface area contributed by atoms with E-state index < -0.39 is 6.04 Å². The van der Waals surface area contributed by atoms with Gasteiger partial charge < -0.3 is 15.0 Å². The number of amides is 2. The summed E-state index contributed by atoms with van der Waals surface area (Å²) in [7, 11) is 0. The van der Waals surface area contributed by atoms with Gasteiger partial charge in [0, 0.05) is 18.5 Å². The van der Waals surface area contributed by atoms with Crippen LogP contribution in [0.2, 0.25) is 0 Å². The van der Waals surface area contributed by atoms with Crippen LogP contribution in [0.3, 0.4) is 0 Å². The molecular formula is C27H38N2O3. The van der Waals surface area contributed by atoms with Crippen molar-refractivity contribution in [3.63, 3.8) is 0 Å². The third-order valence-electron chi connectivity index (χ3n) is 5.19. The van der Waals surface area contributed by atoms with Gasteiger partial charge in [0.2, 0.25) is 11.8 Å². The predicted molar refractivity (Wildman–Crippen MR) is 130 cm³/mol. The van der Waals surface area contributed by atoms with Crippen LogP contribution < -0.4 is 10.1 Å². The van der Waals surface area contributed by atoms with Crippen molar-refractivity contribution in [3.05, 3.63) is 65.7 Å². The Labute approximate surface area is 193 Å². The van der Waals surface area contributed by atoms with Crippen molar-refractivity contribution in [2.24, 2.45) is 0 Å². The van der Waals surface area contributed by atoms with Crippen LogP contribution in [0.5, 0.6) is 5.75 Å². The van der Waals surface area contributed by atoms with Crippen LogP contribution in [-0.4, -0.2) is 41.4 Å². The number of nitrogens with zero attached hydrogens (tertiary/aromatic N) is 1. The molecule has 0 aliphatic rings. The summed E-state index contributed by atoms with van der Waals surface area (Å²) in [5, 5.41) is 3.04. The Morgan fingerprint density at radius 2 is 1.69 bits per heavy atom. The van der Waals surface area contributed by atoms with Gasteiger partial charge in [0.1, 0.15) is 11.8 Å². The van der Waals surface area contributed by atoms with E-state index in [0.29, 0.717) is 38.8 Å². The third kappa shape index (κ3) is 8.74. The molecule has 0 saturated carbocycles. The van der Waals surface area contributed by atoms with E-state index in [2.05, 4.69) is 5.32 Å². The molecule has 1 N–H and O–H groups in total. The first-order valence-corrected chi connectivity index (χ1v) is 11.5. The predicted octanol–water partition coefficient (Wildman–Crippen LogP) is 4.92. The molecule has 0 unspecified atom stereocenters. The molecule has 2 aromatic carbocycles. The van der Waals surface area contributed by atoms with Crippen LogP contribution in [0.15, 0.2) is 54.6 Å². The van der Waals surface area contributed by atoms with Crippen LogP contribution in [-0.2, 0) is 16.0 Å². The minimum atomic E-state index is -0.483. The fourth-order valence-corrected chi connectivity index (χ4v) is 3.54. The molecule has 0 radical (unpaired) electrons. The molecule has 0 saturated heterocycles. The average molecular weight is 439 g/mol. The lowest BCUT2D eigenvalue weighted by Gasteiger charge is -2.33. The molecule has 32 heavy (non-hydrogen) atoms. The van der Waals surface area contributed by atoms with Crippen LogP contribution in [0, 0.1) is 6.92 Å². The molecule has 2 rings (SSSR count). The standard InChI is InChI=1S/C27H38N2O3/c1-6-24(26(31)28-27(3,4)5)29(19-18-22-11-8-7-9-12-22)25(30)13-10-20-32-23-16-14-21(2)15-17-23/h7-9,11-12,14-17,24H,6,10,13,18-20H2,1-5H3,(H,28,31)/t24-/m0/s1. The largest absolute Gasteiger partial charge is 0.494 e. The molecule has 5 heteroatoms. The zero-order valence-corrected chi connectivity index (χ0v) is 20.2. The van der Waals surface area contributed by atoms with E-state index in [9.17, 15) is 9.59 Å². The van der Waals surface area contributed by atoms with E-state index in [1.807, 2.05) is 89.2 Å². The van der Waals surface area contributed by atoms with Gasteiger partial charge >= 0.3 is 0 Å². The van der Waals surface area contributed by atoms with Crippen molar-refractivity contribution in [1.82, 2.24) is 10.2 Å². The Bertz CT molecular complexity index is 841. The van der Waals surface area contributed by atoms with Crippen molar-refractivity contribution in [3.8, 4) is 5.75 Å². The summed E-state index contributed by atoms with van der Waals surface area (Å²) in [6, 6.07) is 17.5. The van der Waals surface area contributed by atoms with Gasteiger partial charge in [0.25, 0.3) is 0 Å². The van der Waals surface area contributed by atoms with Crippen molar-refractivity contribution < 1.29 is 14.3 Å². The lowest BCUT2D eigenvalue weighted by atomic mass is 10.0. The molecule has 0 spiro atoms. The molecule has 5 nitrogen and oxygen atoms in total. The highest BCUT2D eigenvalue weighted by molar-refractivity contribution is 5.88.